The maximum absolute atomic E-state index is 12.6. The van der Waals surface area contributed by atoms with Crippen LogP contribution < -0.4 is 0 Å². The van der Waals surface area contributed by atoms with E-state index in [0.717, 1.165) is 51.2 Å². The lowest BCUT2D eigenvalue weighted by Gasteiger charge is -2.36. The number of carbonyl (C=O) groups is 1. The van der Waals surface area contributed by atoms with E-state index in [4.69, 9.17) is 4.74 Å². The van der Waals surface area contributed by atoms with Crippen LogP contribution in [0.15, 0.2) is 12.4 Å². The average Bonchev–Trinajstić information content (AvgIpc) is 3.01. The number of hydrogen-bond acceptors (Lipinski definition) is 3. The van der Waals surface area contributed by atoms with Crippen LogP contribution in [0.5, 0.6) is 0 Å². The van der Waals surface area contributed by atoms with E-state index in [-0.39, 0.29) is 17.9 Å². The Hall–Kier alpha value is -1.36. The summed E-state index contributed by atoms with van der Waals surface area (Å²) >= 11 is 0. The van der Waals surface area contributed by atoms with Crippen molar-refractivity contribution in [1.29, 1.82) is 0 Å². The Balaban J connectivity index is 1.56. The Kier molecular flexibility index (Phi) is 4.05. The SMILES string of the molecule is C[C@H]1OCCC[C@@H]1C(=O)N1CCC(c2ncc[nH]2)CC1. The van der Waals surface area contributed by atoms with Crippen LogP contribution in [0, 0.1) is 5.92 Å². The molecule has 3 heterocycles. The van der Waals surface area contributed by atoms with E-state index in [0.29, 0.717) is 5.92 Å². The van der Waals surface area contributed by atoms with Gasteiger partial charge < -0.3 is 14.6 Å². The van der Waals surface area contributed by atoms with Crippen molar-refractivity contribution in [1.82, 2.24) is 14.9 Å². The number of hydrogen-bond donors (Lipinski definition) is 1. The highest BCUT2D eigenvalue weighted by molar-refractivity contribution is 5.79. The monoisotopic (exact) mass is 277 g/mol. The first-order chi connectivity index (χ1) is 9.75. The fourth-order valence-corrected chi connectivity index (χ4v) is 3.36. The summed E-state index contributed by atoms with van der Waals surface area (Å²) in [5, 5.41) is 0. The van der Waals surface area contributed by atoms with Crippen LogP contribution in [0.3, 0.4) is 0 Å². The number of likely N-dealkylation sites (tertiary alicyclic amines) is 1. The zero-order valence-electron chi connectivity index (χ0n) is 12.0. The molecule has 1 amide bonds. The molecule has 1 aromatic heterocycles. The van der Waals surface area contributed by atoms with Gasteiger partial charge in [0.05, 0.1) is 12.0 Å². The third-order valence-corrected chi connectivity index (χ3v) is 4.64. The van der Waals surface area contributed by atoms with Crippen LogP contribution in [-0.2, 0) is 9.53 Å². The summed E-state index contributed by atoms with van der Waals surface area (Å²) in [6.07, 6.45) is 7.71. The predicted molar refractivity (Wildman–Crippen MR) is 75.3 cm³/mol. The molecule has 20 heavy (non-hydrogen) atoms. The van der Waals surface area contributed by atoms with E-state index >= 15 is 0 Å². The molecule has 0 aromatic carbocycles. The number of nitrogens with zero attached hydrogens (tertiary/aromatic N) is 2. The fraction of sp³-hybridized carbons (Fsp3) is 0.733. The summed E-state index contributed by atoms with van der Waals surface area (Å²) in [6.45, 7) is 4.50. The lowest BCUT2D eigenvalue weighted by molar-refractivity contribution is -0.145. The largest absolute Gasteiger partial charge is 0.378 e. The second-order valence-corrected chi connectivity index (χ2v) is 5.90. The smallest absolute Gasteiger partial charge is 0.228 e. The van der Waals surface area contributed by atoms with Gasteiger partial charge in [-0.25, -0.2) is 4.98 Å². The minimum atomic E-state index is 0.0592. The van der Waals surface area contributed by atoms with Crippen LogP contribution in [-0.4, -0.2) is 46.6 Å². The molecule has 0 saturated carbocycles. The minimum absolute atomic E-state index is 0.0592. The van der Waals surface area contributed by atoms with Crippen molar-refractivity contribution >= 4 is 5.91 Å². The molecule has 3 rings (SSSR count). The van der Waals surface area contributed by atoms with Crippen molar-refractivity contribution in [3.63, 3.8) is 0 Å². The second kappa shape index (κ2) is 5.95. The Morgan fingerprint density at radius 1 is 1.40 bits per heavy atom. The molecule has 2 saturated heterocycles. The van der Waals surface area contributed by atoms with Gasteiger partial charge in [0, 0.05) is 38.0 Å². The van der Waals surface area contributed by atoms with Gasteiger partial charge in [-0.3, -0.25) is 4.79 Å². The van der Waals surface area contributed by atoms with Gasteiger partial charge in [-0.1, -0.05) is 0 Å². The van der Waals surface area contributed by atoms with Gasteiger partial charge in [0.15, 0.2) is 0 Å². The van der Waals surface area contributed by atoms with Gasteiger partial charge >= 0.3 is 0 Å². The van der Waals surface area contributed by atoms with Crippen molar-refractivity contribution in [3.05, 3.63) is 18.2 Å². The quantitative estimate of drug-likeness (QED) is 0.898. The van der Waals surface area contributed by atoms with Crippen LogP contribution in [0.2, 0.25) is 0 Å². The number of piperidine rings is 1. The molecule has 2 aliphatic rings. The number of aromatic amines is 1. The Bertz CT molecular complexity index is 438. The molecule has 110 valence electrons. The molecular formula is C15H23N3O2. The molecule has 2 fully saturated rings. The molecule has 5 heteroatoms. The topological polar surface area (TPSA) is 58.2 Å². The number of ether oxygens (including phenoxy) is 1. The molecule has 0 spiro atoms. The van der Waals surface area contributed by atoms with E-state index in [1.54, 1.807) is 6.20 Å². The summed E-state index contributed by atoms with van der Waals surface area (Å²) in [5.74, 6) is 1.87. The molecule has 2 aliphatic heterocycles. The third kappa shape index (κ3) is 2.73. The van der Waals surface area contributed by atoms with E-state index in [1.807, 2.05) is 18.0 Å². The summed E-state index contributed by atoms with van der Waals surface area (Å²) in [4.78, 5) is 22.1. The van der Waals surface area contributed by atoms with E-state index in [1.165, 1.54) is 0 Å². The number of aromatic nitrogens is 2. The highest BCUT2D eigenvalue weighted by atomic mass is 16.5. The van der Waals surface area contributed by atoms with Crippen molar-refractivity contribution < 1.29 is 9.53 Å². The zero-order valence-corrected chi connectivity index (χ0v) is 12.0. The van der Waals surface area contributed by atoms with Crippen molar-refractivity contribution in [2.45, 2.75) is 44.6 Å². The first-order valence-corrected chi connectivity index (χ1v) is 7.65. The fourth-order valence-electron chi connectivity index (χ4n) is 3.36. The molecular weight excluding hydrogens is 254 g/mol. The number of nitrogens with one attached hydrogen (secondary N) is 1. The van der Waals surface area contributed by atoms with Gasteiger partial charge in [-0.05, 0) is 32.6 Å². The lowest BCUT2D eigenvalue weighted by atomic mass is 9.91. The molecule has 5 nitrogen and oxygen atoms in total. The standard InChI is InChI=1S/C15H23N3O2/c1-11-13(3-2-10-20-11)15(19)18-8-4-12(5-9-18)14-16-6-7-17-14/h6-7,11-13H,2-5,8-10H2,1H3,(H,16,17)/t11-,13+/m1/s1. The molecule has 1 N–H and O–H groups in total. The van der Waals surface area contributed by atoms with Crippen molar-refractivity contribution in [2.75, 3.05) is 19.7 Å². The van der Waals surface area contributed by atoms with Gasteiger partial charge in [0.25, 0.3) is 0 Å². The summed E-state index contributed by atoms with van der Waals surface area (Å²) in [7, 11) is 0. The first-order valence-electron chi connectivity index (χ1n) is 7.65. The van der Waals surface area contributed by atoms with Gasteiger partial charge in [-0.2, -0.15) is 0 Å². The maximum Gasteiger partial charge on any atom is 0.228 e. The van der Waals surface area contributed by atoms with Crippen LogP contribution in [0.25, 0.3) is 0 Å². The highest BCUT2D eigenvalue weighted by Gasteiger charge is 2.34. The minimum Gasteiger partial charge on any atom is -0.378 e. The molecule has 0 bridgehead atoms. The lowest BCUT2D eigenvalue weighted by Crippen LogP contribution is -2.46. The second-order valence-electron chi connectivity index (χ2n) is 5.90. The van der Waals surface area contributed by atoms with E-state index in [2.05, 4.69) is 9.97 Å². The third-order valence-electron chi connectivity index (χ3n) is 4.64. The Morgan fingerprint density at radius 3 is 2.85 bits per heavy atom. The molecule has 2 atom stereocenters. The van der Waals surface area contributed by atoms with Gasteiger partial charge in [-0.15, -0.1) is 0 Å². The molecule has 1 aromatic rings. The van der Waals surface area contributed by atoms with Gasteiger partial charge in [0.1, 0.15) is 5.82 Å². The van der Waals surface area contributed by atoms with Gasteiger partial charge in [0.2, 0.25) is 5.91 Å². The number of rotatable bonds is 2. The predicted octanol–water partition coefficient (Wildman–Crippen LogP) is 1.93. The van der Waals surface area contributed by atoms with E-state index < -0.39 is 0 Å². The summed E-state index contributed by atoms with van der Waals surface area (Å²) in [5.41, 5.74) is 0. The average molecular weight is 277 g/mol. The van der Waals surface area contributed by atoms with Crippen LogP contribution >= 0.6 is 0 Å². The molecule has 0 unspecified atom stereocenters. The number of imidazole rings is 1. The highest BCUT2D eigenvalue weighted by Crippen LogP contribution is 2.28. The number of carbonyl (C=O) groups excluding carboxylic acids is 1. The number of amides is 1. The zero-order chi connectivity index (χ0) is 13.9. The van der Waals surface area contributed by atoms with Crippen LogP contribution in [0.1, 0.15) is 44.3 Å². The first kappa shape index (κ1) is 13.6. The van der Waals surface area contributed by atoms with E-state index in [9.17, 15) is 4.79 Å². The maximum atomic E-state index is 12.6. The van der Waals surface area contributed by atoms with Crippen molar-refractivity contribution in [2.24, 2.45) is 5.92 Å². The molecule has 0 aliphatic carbocycles. The number of H-pyrrole nitrogens is 1. The molecule has 0 radical (unpaired) electrons. The summed E-state index contributed by atoms with van der Waals surface area (Å²) in [6, 6.07) is 0. The normalized spacial score (nSPS) is 28.6. The summed E-state index contributed by atoms with van der Waals surface area (Å²) < 4.78 is 5.62. The van der Waals surface area contributed by atoms with Crippen LogP contribution in [0.4, 0.5) is 0 Å². The van der Waals surface area contributed by atoms with Crippen molar-refractivity contribution in [3.8, 4) is 0 Å². The Morgan fingerprint density at radius 2 is 2.20 bits per heavy atom. The Labute approximate surface area is 119 Å².